The number of carboxylic acid groups (broad SMARTS) is 1. The minimum Gasteiger partial charge on any atom is -0.497 e. The van der Waals surface area contributed by atoms with Crippen LogP contribution in [0.1, 0.15) is 33.4 Å². The number of fused-ring (bicyclic) bond motifs is 1. The van der Waals surface area contributed by atoms with Gasteiger partial charge in [0.05, 0.1) is 12.8 Å². The van der Waals surface area contributed by atoms with E-state index in [4.69, 9.17) is 9.84 Å². The van der Waals surface area contributed by atoms with Gasteiger partial charge in [-0.25, -0.2) is 9.78 Å². The number of benzene rings is 1. The lowest BCUT2D eigenvalue weighted by Crippen LogP contribution is -2.19. The maximum absolute atomic E-state index is 12.6. The van der Waals surface area contributed by atoms with Crippen molar-refractivity contribution in [2.75, 3.05) is 7.11 Å². The molecule has 0 aliphatic heterocycles. The molecule has 2 heterocycles. The van der Waals surface area contributed by atoms with E-state index in [0.29, 0.717) is 22.6 Å². The Morgan fingerprint density at radius 1 is 1.32 bits per heavy atom. The summed E-state index contributed by atoms with van der Waals surface area (Å²) in [4.78, 5) is 28.6. The first-order chi connectivity index (χ1) is 12.0. The summed E-state index contributed by atoms with van der Waals surface area (Å²) in [5.41, 5.74) is 1.83. The summed E-state index contributed by atoms with van der Waals surface area (Å²) in [7, 11) is 1.61. The van der Waals surface area contributed by atoms with Gasteiger partial charge >= 0.3 is 5.97 Å². The van der Waals surface area contributed by atoms with E-state index in [0.717, 1.165) is 22.6 Å². The van der Waals surface area contributed by atoms with Gasteiger partial charge in [-0.2, -0.15) is 0 Å². The largest absolute Gasteiger partial charge is 0.497 e. The van der Waals surface area contributed by atoms with Gasteiger partial charge in [-0.3, -0.25) is 9.20 Å². The monoisotopic (exact) mass is 356 g/mol. The number of rotatable bonds is 5. The molecule has 0 aliphatic rings. The Morgan fingerprint density at radius 3 is 2.64 bits per heavy atom. The van der Waals surface area contributed by atoms with Gasteiger partial charge in [-0.05, 0) is 30.2 Å². The fourth-order valence-corrected chi connectivity index (χ4v) is 3.27. The fraction of sp³-hybridized carbons (Fsp3) is 0.167. The second-order valence-electron chi connectivity index (χ2n) is 5.29. The quantitative estimate of drug-likeness (QED) is 0.759. The van der Waals surface area contributed by atoms with Gasteiger partial charge in [0, 0.05) is 11.8 Å². The van der Waals surface area contributed by atoms with Crippen LogP contribution in [0.2, 0.25) is 0 Å². The van der Waals surface area contributed by atoms with Crippen LogP contribution in [-0.4, -0.2) is 27.6 Å². The Labute approximate surface area is 147 Å². The van der Waals surface area contributed by atoms with Crippen molar-refractivity contribution in [1.29, 1.82) is 0 Å². The molecule has 0 unspecified atom stereocenters. The molecule has 0 atom stereocenters. The summed E-state index contributed by atoms with van der Waals surface area (Å²) in [5, 5.41) is 9.11. The van der Waals surface area contributed by atoms with E-state index in [1.807, 2.05) is 37.3 Å². The van der Waals surface area contributed by atoms with E-state index < -0.39 is 5.97 Å². The Morgan fingerprint density at radius 2 is 2.04 bits per heavy atom. The lowest BCUT2D eigenvalue weighted by atomic mass is 10.1. The molecule has 1 aromatic carbocycles. The zero-order chi connectivity index (χ0) is 18.0. The highest BCUT2D eigenvalue weighted by molar-refractivity contribution is 7.18. The molecule has 3 rings (SSSR count). The molecule has 128 valence electrons. The second kappa shape index (κ2) is 6.90. The molecule has 0 amide bonds. The Hall–Kier alpha value is -2.93. The van der Waals surface area contributed by atoms with Crippen LogP contribution >= 0.6 is 11.3 Å². The standard InChI is InChI=1S/C18H16N2O4S/c1-3-13-14(9-6-11-4-7-12(24-2)8-5-11)19-18-20(16(13)21)10-15(25-18)17(22)23/h4-10H,3H2,1-2H3,(H,22,23). The number of hydrogen-bond donors (Lipinski definition) is 1. The summed E-state index contributed by atoms with van der Waals surface area (Å²) in [6.45, 7) is 1.88. The average Bonchev–Trinajstić information content (AvgIpc) is 3.05. The predicted molar refractivity (Wildman–Crippen MR) is 97.6 cm³/mol. The van der Waals surface area contributed by atoms with Crippen LogP contribution in [-0.2, 0) is 6.42 Å². The molecule has 25 heavy (non-hydrogen) atoms. The zero-order valence-corrected chi connectivity index (χ0v) is 14.5. The van der Waals surface area contributed by atoms with E-state index >= 15 is 0 Å². The molecule has 6 nitrogen and oxygen atoms in total. The van der Waals surface area contributed by atoms with Gasteiger partial charge in [0.1, 0.15) is 10.6 Å². The lowest BCUT2D eigenvalue weighted by Gasteiger charge is -2.03. The molecule has 0 saturated carbocycles. The number of carbonyl (C=O) groups is 1. The van der Waals surface area contributed by atoms with Crippen molar-refractivity contribution in [3.8, 4) is 5.75 Å². The molecule has 0 radical (unpaired) electrons. The van der Waals surface area contributed by atoms with E-state index in [1.54, 1.807) is 13.2 Å². The van der Waals surface area contributed by atoms with Crippen LogP contribution in [0.5, 0.6) is 5.75 Å². The first-order valence-corrected chi connectivity index (χ1v) is 8.45. The molecule has 0 spiro atoms. The Bertz CT molecular complexity index is 1020. The van der Waals surface area contributed by atoms with E-state index in [1.165, 1.54) is 10.6 Å². The van der Waals surface area contributed by atoms with E-state index in [-0.39, 0.29) is 10.4 Å². The SMILES string of the molecule is CCc1c(C=Cc2ccc(OC)cc2)nc2sc(C(=O)O)cn2c1=O. The minimum atomic E-state index is -1.07. The number of methoxy groups -OCH3 is 1. The summed E-state index contributed by atoms with van der Waals surface area (Å²) < 4.78 is 6.43. The predicted octanol–water partition coefficient (Wildman–Crippen LogP) is 3.20. The second-order valence-corrected chi connectivity index (χ2v) is 6.30. The lowest BCUT2D eigenvalue weighted by molar-refractivity contribution is 0.0701. The van der Waals surface area contributed by atoms with Gasteiger partial charge < -0.3 is 9.84 Å². The van der Waals surface area contributed by atoms with Crippen LogP contribution in [0.15, 0.2) is 35.3 Å². The van der Waals surface area contributed by atoms with Gasteiger partial charge in [0.15, 0.2) is 4.96 Å². The fourth-order valence-electron chi connectivity index (χ4n) is 2.45. The third-order valence-electron chi connectivity index (χ3n) is 3.77. The summed E-state index contributed by atoms with van der Waals surface area (Å²) >= 11 is 0.981. The number of thiazole rings is 1. The minimum absolute atomic E-state index is 0.0861. The van der Waals surface area contributed by atoms with Gasteiger partial charge in [-0.15, -0.1) is 0 Å². The number of carboxylic acids is 1. The topological polar surface area (TPSA) is 80.9 Å². The number of aromatic nitrogens is 2. The smallest absolute Gasteiger partial charge is 0.347 e. The zero-order valence-electron chi connectivity index (χ0n) is 13.7. The molecular weight excluding hydrogens is 340 g/mol. The van der Waals surface area contributed by atoms with Crippen molar-refractivity contribution >= 4 is 34.4 Å². The van der Waals surface area contributed by atoms with Crippen LogP contribution in [0.3, 0.4) is 0 Å². The van der Waals surface area contributed by atoms with Gasteiger partial charge in [0.25, 0.3) is 5.56 Å². The molecule has 0 aliphatic carbocycles. The highest BCUT2D eigenvalue weighted by Crippen LogP contribution is 2.18. The van der Waals surface area contributed by atoms with E-state index in [2.05, 4.69) is 4.98 Å². The van der Waals surface area contributed by atoms with Crippen molar-refractivity contribution in [2.24, 2.45) is 0 Å². The molecule has 3 aromatic rings. The van der Waals surface area contributed by atoms with Gasteiger partial charge in [0.2, 0.25) is 0 Å². The number of ether oxygens (including phenoxy) is 1. The number of hydrogen-bond acceptors (Lipinski definition) is 5. The summed E-state index contributed by atoms with van der Waals surface area (Å²) in [6.07, 6.45) is 5.48. The molecule has 0 fully saturated rings. The van der Waals surface area contributed by atoms with Crippen molar-refractivity contribution < 1.29 is 14.6 Å². The average molecular weight is 356 g/mol. The van der Waals surface area contributed by atoms with Crippen LogP contribution < -0.4 is 10.3 Å². The molecular formula is C18H16N2O4S. The summed E-state index contributed by atoms with van der Waals surface area (Å²) in [6, 6.07) is 7.51. The Balaban J connectivity index is 2.06. The van der Waals surface area contributed by atoms with Crippen LogP contribution in [0, 0.1) is 0 Å². The van der Waals surface area contributed by atoms with Crippen LogP contribution in [0.4, 0.5) is 0 Å². The molecule has 7 heteroatoms. The molecule has 1 N–H and O–H groups in total. The highest BCUT2D eigenvalue weighted by atomic mass is 32.1. The van der Waals surface area contributed by atoms with Gasteiger partial charge in [-0.1, -0.05) is 36.5 Å². The van der Waals surface area contributed by atoms with E-state index in [9.17, 15) is 9.59 Å². The third-order valence-corrected chi connectivity index (χ3v) is 4.74. The highest BCUT2D eigenvalue weighted by Gasteiger charge is 2.15. The van der Waals surface area contributed by atoms with Crippen molar-refractivity contribution in [1.82, 2.24) is 9.38 Å². The third kappa shape index (κ3) is 3.32. The summed E-state index contributed by atoms with van der Waals surface area (Å²) in [5.74, 6) is -0.299. The maximum Gasteiger partial charge on any atom is 0.347 e. The maximum atomic E-state index is 12.6. The molecule has 2 aromatic heterocycles. The number of aromatic carboxylic acids is 1. The normalized spacial score (nSPS) is 11.3. The molecule has 0 saturated heterocycles. The first-order valence-electron chi connectivity index (χ1n) is 7.64. The Kier molecular flexibility index (Phi) is 4.67. The number of nitrogens with zero attached hydrogens (tertiary/aromatic N) is 2. The van der Waals surface area contributed by atoms with Crippen molar-refractivity contribution in [2.45, 2.75) is 13.3 Å². The molecule has 0 bridgehead atoms. The first kappa shape index (κ1) is 16.9. The van der Waals surface area contributed by atoms with Crippen molar-refractivity contribution in [3.63, 3.8) is 0 Å². The van der Waals surface area contributed by atoms with Crippen LogP contribution in [0.25, 0.3) is 17.1 Å². The van der Waals surface area contributed by atoms with Crippen molar-refractivity contribution in [3.05, 3.63) is 62.5 Å².